The van der Waals surface area contributed by atoms with E-state index in [4.69, 9.17) is 4.99 Å². The molecule has 1 saturated heterocycles. The van der Waals surface area contributed by atoms with Gasteiger partial charge in [-0.2, -0.15) is 0 Å². The Balaban J connectivity index is 1.71. The minimum Gasteiger partial charge on any atom is -0.372 e. The first kappa shape index (κ1) is 22.4. The van der Waals surface area contributed by atoms with Crippen LogP contribution in [0.3, 0.4) is 0 Å². The minimum atomic E-state index is -0.343. The molecular weight excluding hydrogens is 374 g/mol. The van der Waals surface area contributed by atoms with E-state index in [-0.39, 0.29) is 17.4 Å². The predicted octanol–water partition coefficient (Wildman–Crippen LogP) is 3.55. The molecule has 1 saturated carbocycles. The molecule has 1 unspecified atom stereocenters. The maximum absolute atomic E-state index is 12.9. The van der Waals surface area contributed by atoms with Crippen LogP contribution in [0.4, 0.5) is 5.69 Å². The van der Waals surface area contributed by atoms with Crippen LogP contribution in [0.15, 0.2) is 29.3 Å². The van der Waals surface area contributed by atoms with Crippen molar-refractivity contribution in [2.24, 2.45) is 10.4 Å². The lowest BCUT2D eigenvalue weighted by atomic mass is 9.85. The molecular formula is C24H39N5O. The zero-order valence-electron chi connectivity index (χ0n) is 19.2. The Morgan fingerprint density at radius 3 is 2.53 bits per heavy atom. The maximum atomic E-state index is 12.9. The largest absolute Gasteiger partial charge is 0.372 e. The highest BCUT2D eigenvalue weighted by atomic mass is 16.2. The van der Waals surface area contributed by atoms with Gasteiger partial charge < -0.3 is 20.4 Å². The smallest absolute Gasteiger partial charge is 0.230 e. The first-order valence-electron chi connectivity index (χ1n) is 11.6. The van der Waals surface area contributed by atoms with Crippen molar-refractivity contribution in [3.8, 4) is 0 Å². The van der Waals surface area contributed by atoms with Gasteiger partial charge in [0, 0.05) is 39.4 Å². The van der Waals surface area contributed by atoms with Crippen LogP contribution in [0.25, 0.3) is 0 Å². The molecule has 166 valence electrons. The Morgan fingerprint density at radius 2 is 1.90 bits per heavy atom. The highest BCUT2D eigenvalue weighted by Gasteiger charge is 2.42. The van der Waals surface area contributed by atoms with Crippen molar-refractivity contribution in [2.75, 3.05) is 45.2 Å². The lowest BCUT2D eigenvalue weighted by Crippen LogP contribution is -2.43. The van der Waals surface area contributed by atoms with E-state index in [0.717, 1.165) is 51.3 Å². The molecule has 2 aliphatic rings. The average molecular weight is 414 g/mol. The lowest BCUT2D eigenvalue weighted by Gasteiger charge is -2.29. The first-order chi connectivity index (χ1) is 14.4. The third kappa shape index (κ3) is 5.27. The zero-order valence-corrected chi connectivity index (χ0v) is 19.2. The Hall–Kier alpha value is -2.24. The van der Waals surface area contributed by atoms with Gasteiger partial charge in [0.05, 0.1) is 18.0 Å². The van der Waals surface area contributed by atoms with Crippen LogP contribution in [0.1, 0.15) is 64.0 Å². The maximum Gasteiger partial charge on any atom is 0.230 e. The third-order valence-electron chi connectivity index (χ3n) is 6.50. The summed E-state index contributed by atoms with van der Waals surface area (Å²) in [5.41, 5.74) is 2.22. The molecule has 6 heteroatoms. The molecule has 0 radical (unpaired) electrons. The second-order valence-electron chi connectivity index (χ2n) is 9.04. The molecule has 0 bridgehead atoms. The number of amides is 1. The third-order valence-corrected chi connectivity index (χ3v) is 6.50. The molecule has 0 spiro atoms. The summed E-state index contributed by atoms with van der Waals surface area (Å²) in [4.78, 5) is 21.9. The summed E-state index contributed by atoms with van der Waals surface area (Å²) in [6, 6.07) is 8.95. The molecule has 1 aliphatic heterocycles. The normalized spacial score (nSPS) is 19.6. The number of aliphatic imine (C=N–C) groups is 1. The second kappa shape index (κ2) is 10.2. The standard InChI is InChI=1S/C24H39N5O/c1-5-25-23(26-18-24(13-6-7-14-24)22(30)28(3)4)27-19(2)20-11-10-12-21(17-20)29-15-8-9-16-29/h10-12,17,19H,5-9,13-16,18H2,1-4H3,(H2,25,26,27). The van der Waals surface area contributed by atoms with Crippen molar-refractivity contribution in [1.29, 1.82) is 0 Å². The minimum absolute atomic E-state index is 0.134. The topological polar surface area (TPSA) is 60.0 Å². The summed E-state index contributed by atoms with van der Waals surface area (Å²) in [6.45, 7) is 7.88. The van der Waals surface area contributed by atoms with Gasteiger partial charge in [0.15, 0.2) is 5.96 Å². The molecule has 1 heterocycles. The van der Waals surface area contributed by atoms with Crippen LogP contribution in [0.2, 0.25) is 0 Å². The fraction of sp³-hybridized carbons (Fsp3) is 0.667. The number of nitrogens with zero attached hydrogens (tertiary/aromatic N) is 3. The summed E-state index contributed by atoms with van der Waals surface area (Å²) in [5.74, 6) is 1.00. The van der Waals surface area contributed by atoms with Crippen molar-refractivity contribution in [3.63, 3.8) is 0 Å². The fourth-order valence-electron chi connectivity index (χ4n) is 4.77. The number of guanidine groups is 1. The van der Waals surface area contributed by atoms with E-state index < -0.39 is 0 Å². The van der Waals surface area contributed by atoms with Crippen molar-refractivity contribution in [2.45, 2.75) is 58.4 Å². The molecule has 0 aromatic heterocycles. The summed E-state index contributed by atoms with van der Waals surface area (Å²) in [6.07, 6.45) is 6.64. The van der Waals surface area contributed by atoms with Gasteiger partial charge in [-0.15, -0.1) is 0 Å². The van der Waals surface area contributed by atoms with Gasteiger partial charge in [-0.3, -0.25) is 9.79 Å². The number of rotatable bonds is 7. The van der Waals surface area contributed by atoms with Gasteiger partial charge in [-0.1, -0.05) is 25.0 Å². The molecule has 2 fully saturated rings. The summed E-state index contributed by atoms with van der Waals surface area (Å²) in [7, 11) is 3.70. The van der Waals surface area contributed by atoms with Crippen molar-refractivity contribution < 1.29 is 4.79 Å². The monoisotopic (exact) mass is 413 g/mol. The van der Waals surface area contributed by atoms with Crippen LogP contribution in [0, 0.1) is 5.41 Å². The molecule has 2 N–H and O–H groups in total. The van der Waals surface area contributed by atoms with Gasteiger partial charge in [-0.25, -0.2) is 0 Å². The van der Waals surface area contributed by atoms with Crippen molar-refractivity contribution in [3.05, 3.63) is 29.8 Å². The molecule has 1 aliphatic carbocycles. The number of benzene rings is 1. The van der Waals surface area contributed by atoms with Gasteiger partial charge in [0.2, 0.25) is 5.91 Å². The van der Waals surface area contributed by atoms with Gasteiger partial charge in [0.1, 0.15) is 0 Å². The summed E-state index contributed by atoms with van der Waals surface area (Å²) in [5, 5.41) is 6.92. The Morgan fingerprint density at radius 1 is 1.20 bits per heavy atom. The number of carbonyl (C=O) groups is 1. The van der Waals surface area contributed by atoms with Gasteiger partial charge >= 0.3 is 0 Å². The fourth-order valence-corrected chi connectivity index (χ4v) is 4.77. The summed E-state index contributed by atoms with van der Waals surface area (Å²) >= 11 is 0. The predicted molar refractivity (Wildman–Crippen MR) is 125 cm³/mol. The van der Waals surface area contributed by atoms with Gasteiger partial charge in [0.25, 0.3) is 0 Å². The highest BCUT2D eigenvalue weighted by Crippen LogP contribution is 2.39. The van der Waals surface area contributed by atoms with Crippen LogP contribution in [0.5, 0.6) is 0 Å². The number of carbonyl (C=O) groups excluding carboxylic acids is 1. The number of anilines is 1. The quantitative estimate of drug-likeness (QED) is 0.530. The van der Waals surface area contributed by atoms with Crippen LogP contribution in [-0.4, -0.2) is 57.0 Å². The van der Waals surface area contributed by atoms with E-state index in [2.05, 4.69) is 53.6 Å². The van der Waals surface area contributed by atoms with Gasteiger partial charge in [-0.05, 0) is 57.2 Å². The highest BCUT2D eigenvalue weighted by molar-refractivity contribution is 5.84. The summed E-state index contributed by atoms with van der Waals surface area (Å²) < 4.78 is 0. The number of hydrogen-bond donors (Lipinski definition) is 2. The van der Waals surface area contributed by atoms with E-state index >= 15 is 0 Å². The van der Waals surface area contributed by atoms with Crippen molar-refractivity contribution in [1.82, 2.24) is 15.5 Å². The van der Waals surface area contributed by atoms with Crippen LogP contribution >= 0.6 is 0 Å². The molecule has 1 amide bonds. The van der Waals surface area contributed by atoms with E-state index in [1.165, 1.54) is 24.1 Å². The molecule has 1 atom stereocenters. The second-order valence-corrected chi connectivity index (χ2v) is 9.04. The number of hydrogen-bond acceptors (Lipinski definition) is 3. The molecule has 3 rings (SSSR count). The lowest BCUT2D eigenvalue weighted by molar-refractivity contribution is -0.138. The van der Waals surface area contributed by atoms with Crippen LogP contribution < -0.4 is 15.5 Å². The molecule has 1 aromatic rings. The van der Waals surface area contributed by atoms with E-state index in [9.17, 15) is 4.79 Å². The Kier molecular flexibility index (Phi) is 7.62. The average Bonchev–Trinajstić information content (AvgIpc) is 3.44. The van der Waals surface area contributed by atoms with Crippen molar-refractivity contribution >= 4 is 17.6 Å². The molecule has 6 nitrogen and oxygen atoms in total. The zero-order chi connectivity index (χ0) is 21.6. The Bertz CT molecular complexity index is 733. The van der Waals surface area contributed by atoms with Crippen LogP contribution in [-0.2, 0) is 4.79 Å². The van der Waals surface area contributed by atoms with E-state index in [1.807, 2.05) is 14.1 Å². The Labute approximate surface area is 182 Å². The van der Waals surface area contributed by atoms with E-state index in [1.54, 1.807) is 4.90 Å². The van der Waals surface area contributed by atoms with E-state index in [0.29, 0.717) is 6.54 Å². The SMILES string of the molecule is CCNC(=NCC1(C(=O)N(C)C)CCCC1)NC(C)c1cccc(N2CCCC2)c1. The molecule has 1 aromatic carbocycles. The first-order valence-corrected chi connectivity index (χ1v) is 11.6. The number of nitrogens with one attached hydrogen (secondary N) is 2. The molecule has 30 heavy (non-hydrogen) atoms.